The second-order valence-corrected chi connectivity index (χ2v) is 18.0. The van der Waals surface area contributed by atoms with Crippen molar-refractivity contribution in [2.24, 2.45) is 0 Å². The molecular weight excluding hydrogens is 761 g/mol. The molecule has 0 radical (unpaired) electrons. The molecule has 0 aliphatic rings. The van der Waals surface area contributed by atoms with Crippen molar-refractivity contribution in [2.75, 3.05) is 13.2 Å². The molecule has 8 nitrogen and oxygen atoms in total. The van der Waals surface area contributed by atoms with Crippen molar-refractivity contribution in [2.45, 2.75) is 271 Å². The van der Waals surface area contributed by atoms with Gasteiger partial charge in [-0.15, -0.1) is 0 Å². The molecule has 0 amide bonds. The minimum atomic E-state index is -4.50. The Morgan fingerprint density at radius 1 is 0.273 bits per heavy atom. The van der Waals surface area contributed by atoms with Crippen LogP contribution in [0.2, 0.25) is 0 Å². The summed E-state index contributed by atoms with van der Waals surface area (Å²) in [5, 5.41) is 0. The van der Waals surface area contributed by atoms with Gasteiger partial charge in [-0.1, -0.05) is 258 Å². The maximum absolute atomic E-state index is 10.3. The monoisotopic (exact) mass is 851 g/mol. The first-order chi connectivity index (χ1) is 26.1. The molecule has 0 aromatic rings. The molecular formula is C44H90CaO8S2. The minimum absolute atomic E-state index is 0. The van der Waals surface area contributed by atoms with Crippen molar-refractivity contribution in [1.29, 1.82) is 0 Å². The van der Waals surface area contributed by atoms with Gasteiger partial charge in [-0.2, -0.15) is 0 Å². The Morgan fingerprint density at radius 2 is 0.400 bits per heavy atom. The SMILES string of the molecule is CCCCCCCCCCCCCCCCCCCCCCOS(=O)(=O)[O-].CCCCCCCCCCCCCCCCCCCCCCOS(=O)(=O)[O-].[Ca+2]. The predicted octanol–water partition coefficient (Wildman–Crippen LogP) is 14.2. The predicted molar refractivity (Wildman–Crippen MR) is 233 cm³/mol. The van der Waals surface area contributed by atoms with Crippen LogP contribution >= 0.6 is 0 Å². The third kappa shape index (κ3) is 64.3. The Hall–Kier alpha value is 1.000. The maximum atomic E-state index is 10.3. The molecule has 0 aliphatic heterocycles. The van der Waals surface area contributed by atoms with Crippen LogP contribution in [0.4, 0.5) is 0 Å². The van der Waals surface area contributed by atoms with E-state index in [1.54, 1.807) is 0 Å². The van der Waals surface area contributed by atoms with Gasteiger partial charge in [-0.25, -0.2) is 16.8 Å². The van der Waals surface area contributed by atoms with E-state index < -0.39 is 20.8 Å². The average Bonchev–Trinajstić information content (AvgIpc) is 3.12. The summed E-state index contributed by atoms with van der Waals surface area (Å²) in [6, 6.07) is 0. The normalized spacial score (nSPS) is 11.7. The molecule has 55 heavy (non-hydrogen) atoms. The fourth-order valence-corrected chi connectivity index (χ4v) is 7.68. The van der Waals surface area contributed by atoms with Gasteiger partial charge in [-0.05, 0) is 12.8 Å². The van der Waals surface area contributed by atoms with E-state index in [0.29, 0.717) is 12.8 Å². The Kier molecular flexibility index (Phi) is 54.1. The first-order valence-corrected chi connectivity index (χ1v) is 26.0. The quantitative estimate of drug-likeness (QED) is 0.0256. The zero-order valence-electron chi connectivity index (χ0n) is 36.5. The summed E-state index contributed by atoms with van der Waals surface area (Å²) >= 11 is 0. The molecule has 0 fully saturated rings. The number of rotatable bonds is 44. The molecule has 328 valence electrons. The van der Waals surface area contributed by atoms with Crippen molar-refractivity contribution in [3.8, 4) is 0 Å². The van der Waals surface area contributed by atoms with E-state index in [1.165, 1.54) is 218 Å². The molecule has 0 aliphatic carbocycles. The fraction of sp³-hybridized carbons (Fsp3) is 1.00. The molecule has 0 bridgehead atoms. The molecule has 0 aromatic heterocycles. The van der Waals surface area contributed by atoms with Crippen LogP contribution in [0.15, 0.2) is 0 Å². The molecule has 0 N–H and O–H groups in total. The number of hydrogen-bond donors (Lipinski definition) is 0. The van der Waals surface area contributed by atoms with E-state index in [0.717, 1.165) is 25.7 Å². The molecule has 0 saturated heterocycles. The van der Waals surface area contributed by atoms with Crippen LogP contribution in [0.25, 0.3) is 0 Å². The zero-order chi connectivity index (χ0) is 40.1. The van der Waals surface area contributed by atoms with Crippen molar-refractivity contribution in [1.82, 2.24) is 0 Å². The Balaban J connectivity index is -0.000000966. The average molecular weight is 851 g/mol. The van der Waals surface area contributed by atoms with Crippen LogP contribution in [0.1, 0.15) is 271 Å². The van der Waals surface area contributed by atoms with Crippen LogP contribution in [-0.2, 0) is 29.2 Å². The van der Waals surface area contributed by atoms with Crippen molar-refractivity contribution < 1.29 is 34.3 Å². The molecule has 0 atom stereocenters. The van der Waals surface area contributed by atoms with Gasteiger partial charge in [-0.3, -0.25) is 8.37 Å². The van der Waals surface area contributed by atoms with Gasteiger partial charge in [0.15, 0.2) is 0 Å². The van der Waals surface area contributed by atoms with Gasteiger partial charge >= 0.3 is 37.7 Å². The summed E-state index contributed by atoms with van der Waals surface area (Å²) in [6.07, 6.45) is 52.3. The fourth-order valence-electron chi connectivity index (χ4n) is 7.04. The Morgan fingerprint density at radius 3 is 0.527 bits per heavy atom. The smallest absolute Gasteiger partial charge is 0.726 e. The maximum Gasteiger partial charge on any atom is 2.00 e. The first kappa shape index (κ1) is 60.3. The van der Waals surface area contributed by atoms with Gasteiger partial charge in [0.25, 0.3) is 0 Å². The molecule has 0 unspecified atom stereocenters. The van der Waals surface area contributed by atoms with E-state index in [1.807, 2.05) is 0 Å². The van der Waals surface area contributed by atoms with E-state index in [4.69, 9.17) is 0 Å². The summed E-state index contributed by atoms with van der Waals surface area (Å²) in [5.41, 5.74) is 0. The Labute approximate surface area is 373 Å². The van der Waals surface area contributed by atoms with Gasteiger partial charge in [0, 0.05) is 0 Å². The molecule has 0 heterocycles. The summed E-state index contributed by atoms with van der Waals surface area (Å²) in [7, 11) is -9.00. The van der Waals surface area contributed by atoms with Gasteiger partial charge < -0.3 is 9.11 Å². The summed E-state index contributed by atoms with van der Waals surface area (Å²) in [4.78, 5) is 0. The molecule has 0 saturated carbocycles. The van der Waals surface area contributed by atoms with E-state index in [9.17, 15) is 25.9 Å². The molecule has 0 rings (SSSR count). The summed E-state index contributed by atoms with van der Waals surface area (Å²) in [6.45, 7) is 4.62. The molecule has 0 spiro atoms. The van der Waals surface area contributed by atoms with E-state index in [-0.39, 0.29) is 51.0 Å². The van der Waals surface area contributed by atoms with Gasteiger partial charge in [0.1, 0.15) is 0 Å². The van der Waals surface area contributed by atoms with E-state index in [2.05, 4.69) is 22.2 Å². The first-order valence-electron chi connectivity index (χ1n) is 23.3. The second kappa shape index (κ2) is 49.4. The third-order valence-electron chi connectivity index (χ3n) is 10.5. The minimum Gasteiger partial charge on any atom is -0.726 e. The standard InChI is InChI=1S/2C22H46O4S.Ca/c2*1-2-3-4-5-6-7-8-9-10-11-12-13-14-15-16-17-18-19-20-21-22-26-27(23,24)25;/h2*2-22H2,1H3,(H,23,24,25);/q;;+2/p-2. The van der Waals surface area contributed by atoms with Crippen LogP contribution in [-0.4, -0.2) is 76.9 Å². The van der Waals surface area contributed by atoms with Crippen molar-refractivity contribution in [3.05, 3.63) is 0 Å². The van der Waals surface area contributed by atoms with Gasteiger partial charge in [0.05, 0.1) is 13.2 Å². The van der Waals surface area contributed by atoms with Gasteiger partial charge in [0.2, 0.25) is 20.8 Å². The number of hydrogen-bond acceptors (Lipinski definition) is 8. The molecule has 11 heteroatoms. The van der Waals surface area contributed by atoms with Crippen LogP contribution < -0.4 is 0 Å². The number of unbranched alkanes of at least 4 members (excludes halogenated alkanes) is 38. The molecule has 0 aromatic carbocycles. The zero-order valence-corrected chi connectivity index (χ0v) is 40.3. The third-order valence-corrected chi connectivity index (χ3v) is 11.4. The van der Waals surface area contributed by atoms with E-state index >= 15 is 0 Å². The summed E-state index contributed by atoms with van der Waals surface area (Å²) in [5.74, 6) is 0. The van der Waals surface area contributed by atoms with Crippen LogP contribution in [0, 0.1) is 0 Å². The second-order valence-electron chi connectivity index (χ2n) is 15.9. The van der Waals surface area contributed by atoms with Crippen molar-refractivity contribution in [3.63, 3.8) is 0 Å². The topological polar surface area (TPSA) is 133 Å². The van der Waals surface area contributed by atoms with Crippen LogP contribution in [0.3, 0.4) is 0 Å². The summed E-state index contributed by atoms with van der Waals surface area (Å²) < 4.78 is 69.9. The largest absolute Gasteiger partial charge is 2.00 e. The Bertz CT molecular complexity index is 845. The van der Waals surface area contributed by atoms with Crippen molar-refractivity contribution >= 4 is 58.5 Å². The van der Waals surface area contributed by atoms with Crippen LogP contribution in [0.5, 0.6) is 0 Å².